The molecule has 1 N–H and O–H groups in total. The Labute approximate surface area is 106 Å². The fourth-order valence-electron chi connectivity index (χ4n) is 1.06. The summed E-state index contributed by atoms with van der Waals surface area (Å²) in [4.78, 5) is 14.2. The van der Waals surface area contributed by atoms with Crippen molar-refractivity contribution in [1.82, 2.24) is 5.32 Å². The largest absolute Gasteiger partial charge is 0.313 e. The zero-order valence-electron chi connectivity index (χ0n) is 8.68. The average Bonchev–Trinajstić information content (AvgIpc) is 2.28. The number of para-hydroxylation sites is 1. The predicted molar refractivity (Wildman–Crippen MR) is 67.5 cm³/mol. The number of hydrogen-bond acceptors (Lipinski definition) is 5. The zero-order chi connectivity index (χ0) is 12.8. The number of halogens is 1. The van der Waals surface area contributed by atoms with Gasteiger partial charge in [0, 0.05) is 0 Å². The Morgan fingerprint density at radius 2 is 2.41 bits per heavy atom. The van der Waals surface area contributed by atoms with Crippen molar-refractivity contribution in [2.75, 3.05) is 6.26 Å². The third kappa shape index (κ3) is 3.34. The maximum absolute atomic E-state index is 10.8. The van der Waals surface area contributed by atoms with Gasteiger partial charge in [0.05, 0.1) is 4.92 Å². The highest BCUT2D eigenvalue weighted by Crippen LogP contribution is 2.34. The second-order valence-corrected chi connectivity index (χ2v) is 3.92. The van der Waals surface area contributed by atoms with E-state index in [0.29, 0.717) is 0 Å². The molecule has 6 nitrogen and oxygen atoms in total. The molecular formula is C9H7ClN4O2S. The molecule has 8 heteroatoms. The van der Waals surface area contributed by atoms with Gasteiger partial charge in [-0.1, -0.05) is 29.4 Å². The number of nitro groups is 1. The summed E-state index contributed by atoms with van der Waals surface area (Å²) in [5, 5.41) is 21.9. The molecule has 17 heavy (non-hydrogen) atoms. The van der Waals surface area contributed by atoms with Crippen molar-refractivity contribution in [3.05, 3.63) is 33.3 Å². The molecule has 0 heterocycles. The molecule has 0 aliphatic carbocycles. The normalized spacial score (nSPS) is 10.8. The van der Waals surface area contributed by atoms with Gasteiger partial charge in [0.1, 0.15) is 10.7 Å². The predicted octanol–water partition coefficient (Wildman–Crippen LogP) is 2.67. The first-order valence-corrected chi connectivity index (χ1v) is 5.91. The van der Waals surface area contributed by atoms with Crippen LogP contribution in [0, 0.1) is 21.6 Å². The topological polar surface area (TPSA) is 91.3 Å². The summed E-state index contributed by atoms with van der Waals surface area (Å²) in [6.45, 7) is 0. The van der Waals surface area contributed by atoms with Crippen molar-refractivity contribution >= 4 is 39.9 Å². The maximum Gasteiger partial charge on any atom is 0.313 e. The highest BCUT2D eigenvalue weighted by atomic mass is 35.5. The lowest BCUT2D eigenvalue weighted by Gasteiger charge is -2.01. The summed E-state index contributed by atoms with van der Waals surface area (Å²) in [5.74, 6) is 0. The van der Waals surface area contributed by atoms with Crippen molar-refractivity contribution in [3.8, 4) is 6.19 Å². The molecule has 0 spiro atoms. The fraction of sp³-hybridized carbons (Fsp3) is 0.111. The van der Waals surface area contributed by atoms with E-state index in [2.05, 4.69) is 10.3 Å². The Balaban J connectivity index is 3.27. The minimum absolute atomic E-state index is 0.00802. The van der Waals surface area contributed by atoms with E-state index in [-0.39, 0.29) is 21.6 Å². The SMILES string of the molecule is CSC(=Nc1cccc(Cl)c1[N+](=O)[O-])NC#N. The standard InChI is InChI=1S/C9H7ClN4O2S/c1-17-9(12-5-11)13-7-4-2-3-6(10)8(7)14(15)16/h2-4H,1H3,(H,12,13). The Hall–Kier alpha value is -1.78. The molecule has 0 aliphatic heterocycles. The van der Waals surface area contributed by atoms with Crippen LogP contribution < -0.4 is 5.32 Å². The molecule has 0 radical (unpaired) electrons. The van der Waals surface area contributed by atoms with Gasteiger partial charge in [-0.25, -0.2) is 4.99 Å². The third-order valence-electron chi connectivity index (χ3n) is 1.73. The van der Waals surface area contributed by atoms with E-state index in [1.54, 1.807) is 18.5 Å². The number of benzene rings is 1. The molecule has 0 aromatic heterocycles. The molecule has 0 atom stereocenters. The number of amidine groups is 1. The van der Waals surface area contributed by atoms with E-state index in [0.717, 1.165) is 0 Å². The van der Waals surface area contributed by atoms with E-state index >= 15 is 0 Å². The van der Waals surface area contributed by atoms with Gasteiger partial charge in [-0.15, -0.1) is 0 Å². The molecule has 0 bridgehead atoms. The second-order valence-electron chi connectivity index (χ2n) is 2.72. The number of rotatable bonds is 2. The van der Waals surface area contributed by atoms with Crippen LogP contribution in [0.1, 0.15) is 0 Å². The third-order valence-corrected chi connectivity index (χ3v) is 2.61. The van der Waals surface area contributed by atoms with E-state index < -0.39 is 4.92 Å². The van der Waals surface area contributed by atoms with E-state index in [1.165, 1.54) is 23.9 Å². The number of hydrogen-bond donors (Lipinski definition) is 1. The van der Waals surface area contributed by atoms with Gasteiger partial charge in [-0.05, 0) is 18.4 Å². The lowest BCUT2D eigenvalue weighted by Crippen LogP contribution is -2.12. The summed E-state index contributed by atoms with van der Waals surface area (Å²) >= 11 is 6.89. The van der Waals surface area contributed by atoms with Crippen molar-refractivity contribution in [3.63, 3.8) is 0 Å². The van der Waals surface area contributed by atoms with Crippen LogP contribution in [0.3, 0.4) is 0 Å². The molecule has 0 saturated heterocycles. The number of aliphatic imine (C=N–C) groups is 1. The van der Waals surface area contributed by atoms with Crippen LogP contribution in [-0.4, -0.2) is 16.3 Å². The van der Waals surface area contributed by atoms with Gasteiger partial charge in [0.15, 0.2) is 11.4 Å². The van der Waals surface area contributed by atoms with Gasteiger partial charge in [0.25, 0.3) is 0 Å². The number of nitrogens with one attached hydrogen (secondary N) is 1. The first-order chi connectivity index (χ1) is 8.10. The molecule has 0 unspecified atom stereocenters. The minimum Gasteiger partial charge on any atom is -0.271 e. The molecule has 1 aromatic rings. The van der Waals surface area contributed by atoms with Crippen molar-refractivity contribution < 1.29 is 4.92 Å². The Morgan fingerprint density at radius 1 is 1.71 bits per heavy atom. The first-order valence-electron chi connectivity index (χ1n) is 4.30. The first kappa shape index (κ1) is 13.3. The Bertz CT molecular complexity index is 512. The average molecular weight is 271 g/mol. The second kappa shape index (κ2) is 6.08. The Morgan fingerprint density at radius 3 is 2.94 bits per heavy atom. The van der Waals surface area contributed by atoms with Crippen LogP contribution >= 0.6 is 23.4 Å². The molecule has 1 aromatic carbocycles. The van der Waals surface area contributed by atoms with Crippen LogP contribution in [-0.2, 0) is 0 Å². The summed E-state index contributed by atoms with van der Waals surface area (Å²) in [6.07, 6.45) is 3.39. The van der Waals surface area contributed by atoms with Crippen LogP contribution in [0.25, 0.3) is 0 Å². The van der Waals surface area contributed by atoms with E-state index in [9.17, 15) is 10.1 Å². The van der Waals surface area contributed by atoms with E-state index in [4.69, 9.17) is 16.9 Å². The van der Waals surface area contributed by atoms with Gasteiger partial charge < -0.3 is 0 Å². The van der Waals surface area contributed by atoms with Gasteiger partial charge >= 0.3 is 5.69 Å². The number of thioether (sulfide) groups is 1. The summed E-state index contributed by atoms with van der Waals surface area (Å²) in [6, 6.07) is 4.42. The van der Waals surface area contributed by atoms with Crippen LogP contribution in [0.2, 0.25) is 5.02 Å². The number of nitro benzene ring substituents is 1. The summed E-state index contributed by atoms with van der Waals surface area (Å²) < 4.78 is 0. The minimum atomic E-state index is -0.606. The smallest absolute Gasteiger partial charge is 0.271 e. The zero-order valence-corrected chi connectivity index (χ0v) is 10.2. The van der Waals surface area contributed by atoms with Gasteiger partial charge in [-0.3, -0.25) is 15.4 Å². The monoisotopic (exact) mass is 270 g/mol. The lowest BCUT2D eigenvalue weighted by atomic mass is 10.3. The number of nitriles is 1. The molecule has 0 aliphatic rings. The highest BCUT2D eigenvalue weighted by Gasteiger charge is 2.18. The molecular weight excluding hydrogens is 264 g/mol. The quantitative estimate of drug-likeness (QED) is 0.223. The van der Waals surface area contributed by atoms with Gasteiger partial charge in [-0.2, -0.15) is 5.26 Å². The maximum atomic E-state index is 10.8. The lowest BCUT2D eigenvalue weighted by molar-refractivity contribution is -0.383. The van der Waals surface area contributed by atoms with Crippen molar-refractivity contribution in [2.24, 2.45) is 4.99 Å². The highest BCUT2D eigenvalue weighted by molar-refractivity contribution is 8.13. The van der Waals surface area contributed by atoms with Crippen LogP contribution in [0.5, 0.6) is 0 Å². The van der Waals surface area contributed by atoms with E-state index in [1.807, 2.05) is 0 Å². The molecule has 0 saturated carbocycles. The van der Waals surface area contributed by atoms with Crippen molar-refractivity contribution in [1.29, 1.82) is 5.26 Å². The summed E-state index contributed by atoms with van der Waals surface area (Å²) in [7, 11) is 0. The molecule has 88 valence electrons. The molecule has 0 fully saturated rings. The van der Waals surface area contributed by atoms with Crippen LogP contribution in [0.15, 0.2) is 23.2 Å². The Kier molecular flexibility index (Phi) is 4.75. The van der Waals surface area contributed by atoms with Crippen molar-refractivity contribution in [2.45, 2.75) is 0 Å². The molecule has 0 amide bonds. The van der Waals surface area contributed by atoms with Gasteiger partial charge in [0.2, 0.25) is 0 Å². The summed E-state index contributed by atoms with van der Waals surface area (Å²) in [5.41, 5.74) is -0.171. The fourth-order valence-corrected chi connectivity index (χ4v) is 1.63. The molecule has 1 rings (SSSR count). The van der Waals surface area contributed by atoms with Crippen LogP contribution in [0.4, 0.5) is 11.4 Å². The number of nitrogens with zero attached hydrogens (tertiary/aromatic N) is 3.